The van der Waals surface area contributed by atoms with Crippen LogP contribution in [0.5, 0.6) is 0 Å². The highest BCUT2D eigenvalue weighted by Crippen LogP contribution is 2.29. The van der Waals surface area contributed by atoms with Gasteiger partial charge in [-0.2, -0.15) is 0 Å². The molecule has 1 aliphatic rings. The minimum absolute atomic E-state index is 0.0513. The van der Waals surface area contributed by atoms with Crippen molar-refractivity contribution in [3.63, 3.8) is 0 Å². The summed E-state index contributed by atoms with van der Waals surface area (Å²) in [5.41, 5.74) is 3.05. The first-order chi connectivity index (χ1) is 16.0. The Morgan fingerprint density at radius 3 is 2.64 bits per heavy atom. The second-order valence-electron chi connectivity index (χ2n) is 8.83. The number of benzene rings is 1. The second kappa shape index (κ2) is 8.65. The molecule has 5 rings (SSSR count). The van der Waals surface area contributed by atoms with Crippen LogP contribution in [0.1, 0.15) is 59.6 Å². The van der Waals surface area contributed by atoms with E-state index in [0.717, 1.165) is 43.2 Å². The number of aromatic nitrogens is 3. The Morgan fingerprint density at radius 2 is 1.88 bits per heavy atom. The molecular weight excluding hydrogens is 414 g/mol. The molecule has 2 N–H and O–H groups in total. The van der Waals surface area contributed by atoms with E-state index < -0.39 is 0 Å². The molecule has 0 radical (unpaired) electrons. The molecule has 0 aliphatic heterocycles. The van der Waals surface area contributed by atoms with Crippen LogP contribution in [0, 0.1) is 12.3 Å². The molecule has 1 fully saturated rings. The number of amides is 1. The summed E-state index contributed by atoms with van der Waals surface area (Å²) in [6.45, 7) is 2.28. The average Bonchev–Trinajstić information content (AvgIpc) is 2.84. The lowest BCUT2D eigenvalue weighted by molar-refractivity contribution is 0.0948. The first-order valence-electron chi connectivity index (χ1n) is 11.5. The zero-order chi connectivity index (χ0) is 22.9. The molecule has 4 aromatic rings. The Kier molecular flexibility index (Phi) is 5.54. The fourth-order valence-corrected chi connectivity index (χ4v) is 4.75. The smallest absolute Gasteiger partial charge is 0.267 e. The molecule has 0 spiro atoms. The number of aryl methyl sites for hydroxylation is 1. The predicted octanol–water partition coefficient (Wildman–Crippen LogP) is 3.87. The van der Waals surface area contributed by atoms with Crippen LogP contribution >= 0.6 is 0 Å². The molecule has 168 valence electrons. The highest BCUT2D eigenvalue weighted by molar-refractivity contribution is 5.96. The van der Waals surface area contributed by atoms with E-state index in [-0.39, 0.29) is 28.6 Å². The Labute approximate surface area is 191 Å². The summed E-state index contributed by atoms with van der Waals surface area (Å²) in [4.78, 5) is 31.4. The van der Waals surface area contributed by atoms with E-state index >= 15 is 0 Å². The highest BCUT2D eigenvalue weighted by Gasteiger charge is 2.23. The molecule has 3 heterocycles. The van der Waals surface area contributed by atoms with Crippen LogP contribution in [0.25, 0.3) is 16.7 Å². The number of carbonyl (C=O) groups excluding carboxylic acids is 1. The topological polar surface area (TPSA) is 92.2 Å². The predicted molar refractivity (Wildman–Crippen MR) is 127 cm³/mol. The molecule has 1 saturated carbocycles. The summed E-state index contributed by atoms with van der Waals surface area (Å²) in [5.74, 6) is -0.357. The standard InChI is InChI=1S/C26H27N5O2/c1-17-12-13-22-29-24-21(26(33)30(22)16-17)14-20(23(27)31(24)19-10-6-3-7-11-19)25(32)28-15-18-8-4-2-5-9-18/h2,4-5,8-9,12-14,16,19,27H,3,6-7,10-11,15H2,1H3,(H,28,32). The maximum absolute atomic E-state index is 13.5. The fourth-order valence-electron chi connectivity index (χ4n) is 4.75. The summed E-state index contributed by atoms with van der Waals surface area (Å²) in [5, 5.41) is 12.2. The summed E-state index contributed by atoms with van der Waals surface area (Å²) < 4.78 is 3.35. The van der Waals surface area contributed by atoms with Gasteiger partial charge in [-0.15, -0.1) is 0 Å². The third-order valence-corrected chi connectivity index (χ3v) is 6.48. The molecule has 0 saturated heterocycles. The van der Waals surface area contributed by atoms with Gasteiger partial charge in [-0.3, -0.25) is 19.4 Å². The van der Waals surface area contributed by atoms with E-state index in [4.69, 9.17) is 10.4 Å². The van der Waals surface area contributed by atoms with Crippen molar-refractivity contribution in [1.82, 2.24) is 19.3 Å². The largest absolute Gasteiger partial charge is 0.348 e. The van der Waals surface area contributed by atoms with Crippen LogP contribution < -0.4 is 16.4 Å². The summed E-state index contributed by atoms with van der Waals surface area (Å²) in [7, 11) is 0. The molecule has 7 nitrogen and oxygen atoms in total. The van der Waals surface area contributed by atoms with Crippen molar-refractivity contribution in [2.24, 2.45) is 0 Å². The van der Waals surface area contributed by atoms with Gasteiger partial charge in [0.25, 0.3) is 11.5 Å². The van der Waals surface area contributed by atoms with Crippen LogP contribution in [0.2, 0.25) is 0 Å². The first kappa shape index (κ1) is 21.1. The number of hydrogen-bond acceptors (Lipinski definition) is 4. The van der Waals surface area contributed by atoms with Crippen LogP contribution in [0.3, 0.4) is 0 Å². The lowest BCUT2D eigenvalue weighted by atomic mass is 9.94. The molecule has 0 unspecified atom stereocenters. The molecule has 0 bridgehead atoms. The van der Waals surface area contributed by atoms with Gasteiger partial charge in [0.2, 0.25) is 0 Å². The highest BCUT2D eigenvalue weighted by atomic mass is 16.1. The number of nitrogens with zero attached hydrogens (tertiary/aromatic N) is 3. The Bertz CT molecular complexity index is 1460. The Balaban J connectivity index is 1.69. The van der Waals surface area contributed by atoms with Gasteiger partial charge in [-0.25, -0.2) is 4.98 Å². The molecule has 1 aromatic carbocycles. The quantitative estimate of drug-likeness (QED) is 0.471. The van der Waals surface area contributed by atoms with E-state index in [1.807, 2.05) is 54.0 Å². The van der Waals surface area contributed by atoms with Crippen molar-refractivity contribution in [2.45, 2.75) is 51.6 Å². The number of fused-ring (bicyclic) bond motifs is 2. The molecule has 33 heavy (non-hydrogen) atoms. The molecule has 0 atom stereocenters. The molecule has 1 amide bonds. The monoisotopic (exact) mass is 441 g/mol. The van der Waals surface area contributed by atoms with Crippen molar-refractivity contribution in [1.29, 1.82) is 5.41 Å². The number of nitrogens with one attached hydrogen (secondary N) is 2. The lowest BCUT2D eigenvalue weighted by Crippen LogP contribution is -2.36. The lowest BCUT2D eigenvalue weighted by Gasteiger charge is -2.26. The SMILES string of the molecule is Cc1ccc2nc3c(cc(C(=O)NCc4ccccc4)c(=N)n3C3CCCCC3)c(=O)n2c1. The molecule has 3 aromatic heterocycles. The summed E-state index contributed by atoms with van der Waals surface area (Å²) in [6, 6.07) is 15.0. The van der Waals surface area contributed by atoms with Gasteiger partial charge >= 0.3 is 0 Å². The normalized spacial score (nSPS) is 14.6. The maximum atomic E-state index is 13.5. The zero-order valence-corrected chi connectivity index (χ0v) is 18.7. The van der Waals surface area contributed by atoms with Crippen molar-refractivity contribution in [3.05, 3.63) is 87.3 Å². The van der Waals surface area contributed by atoms with E-state index in [2.05, 4.69) is 5.32 Å². The molecule has 7 heteroatoms. The third kappa shape index (κ3) is 3.95. The Hall–Kier alpha value is -3.74. The summed E-state index contributed by atoms with van der Waals surface area (Å²) >= 11 is 0. The zero-order valence-electron chi connectivity index (χ0n) is 18.7. The van der Waals surface area contributed by atoms with Gasteiger partial charge < -0.3 is 9.88 Å². The van der Waals surface area contributed by atoms with E-state index in [1.54, 1.807) is 12.3 Å². The van der Waals surface area contributed by atoms with Gasteiger partial charge in [0.05, 0.1) is 10.9 Å². The van der Waals surface area contributed by atoms with Crippen LogP contribution in [-0.4, -0.2) is 19.9 Å². The number of hydrogen-bond donors (Lipinski definition) is 2. The van der Waals surface area contributed by atoms with Crippen LogP contribution in [0.4, 0.5) is 0 Å². The fraction of sp³-hybridized carbons (Fsp3) is 0.308. The summed E-state index contributed by atoms with van der Waals surface area (Å²) in [6.07, 6.45) is 6.88. The van der Waals surface area contributed by atoms with E-state index in [9.17, 15) is 9.59 Å². The minimum Gasteiger partial charge on any atom is -0.348 e. The van der Waals surface area contributed by atoms with Crippen molar-refractivity contribution < 1.29 is 4.79 Å². The van der Waals surface area contributed by atoms with E-state index in [0.29, 0.717) is 23.2 Å². The van der Waals surface area contributed by atoms with Gasteiger partial charge in [0.15, 0.2) is 0 Å². The molecule has 1 aliphatic carbocycles. The third-order valence-electron chi connectivity index (χ3n) is 6.48. The average molecular weight is 442 g/mol. The van der Waals surface area contributed by atoms with Gasteiger partial charge in [-0.05, 0) is 43.0 Å². The Morgan fingerprint density at radius 1 is 1.12 bits per heavy atom. The van der Waals surface area contributed by atoms with E-state index in [1.165, 1.54) is 4.40 Å². The maximum Gasteiger partial charge on any atom is 0.267 e. The van der Waals surface area contributed by atoms with Gasteiger partial charge in [-0.1, -0.05) is 55.7 Å². The van der Waals surface area contributed by atoms with Crippen molar-refractivity contribution >= 4 is 22.6 Å². The first-order valence-corrected chi connectivity index (χ1v) is 11.5. The second-order valence-corrected chi connectivity index (χ2v) is 8.83. The van der Waals surface area contributed by atoms with Gasteiger partial charge in [0.1, 0.15) is 16.8 Å². The van der Waals surface area contributed by atoms with Crippen molar-refractivity contribution in [3.8, 4) is 0 Å². The van der Waals surface area contributed by atoms with Crippen LogP contribution in [0.15, 0.2) is 59.5 Å². The van der Waals surface area contributed by atoms with Crippen molar-refractivity contribution in [2.75, 3.05) is 0 Å². The molecular formula is C26H27N5O2. The number of pyridine rings is 2. The number of carbonyl (C=O) groups is 1. The van der Waals surface area contributed by atoms with Crippen LogP contribution in [-0.2, 0) is 6.54 Å². The number of rotatable bonds is 4. The minimum atomic E-state index is -0.357. The van der Waals surface area contributed by atoms with Gasteiger partial charge in [0, 0.05) is 18.8 Å².